The minimum Gasteiger partial charge on any atom is -0.305 e. The van der Waals surface area contributed by atoms with Gasteiger partial charge in [-0.25, -0.2) is 8.78 Å². The van der Waals surface area contributed by atoms with Gasteiger partial charge in [-0.2, -0.15) is 0 Å². The summed E-state index contributed by atoms with van der Waals surface area (Å²) in [5, 5.41) is 2.35. The zero-order chi connectivity index (χ0) is 14.8. The molecule has 2 aromatic carbocycles. The Morgan fingerprint density at radius 2 is 1.86 bits per heavy atom. The normalized spacial score (nSPS) is 14.0. The number of hydrazine groups is 1. The van der Waals surface area contributed by atoms with Crippen LogP contribution in [0.1, 0.15) is 5.56 Å². The lowest BCUT2D eigenvalue weighted by Gasteiger charge is -2.19. The van der Waals surface area contributed by atoms with Crippen LogP contribution in [-0.4, -0.2) is 6.54 Å². The van der Waals surface area contributed by atoms with Crippen LogP contribution in [-0.2, 0) is 6.42 Å². The van der Waals surface area contributed by atoms with Crippen molar-refractivity contribution in [2.75, 3.05) is 11.6 Å². The predicted octanol–water partition coefficient (Wildman–Crippen LogP) is 4.07. The van der Waals surface area contributed by atoms with E-state index in [4.69, 9.17) is 11.6 Å². The summed E-state index contributed by atoms with van der Waals surface area (Å²) in [6.45, 7) is 0.547. The van der Waals surface area contributed by atoms with Gasteiger partial charge in [-0.05, 0) is 41.8 Å². The molecule has 21 heavy (non-hydrogen) atoms. The number of hydrogen-bond acceptors (Lipinski definition) is 2. The molecule has 108 valence electrons. The first-order chi connectivity index (χ1) is 10.1. The molecule has 2 nitrogen and oxygen atoms in total. The average molecular weight is 307 g/mol. The van der Waals surface area contributed by atoms with Crippen molar-refractivity contribution in [2.24, 2.45) is 0 Å². The summed E-state index contributed by atoms with van der Waals surface area (Å²) in [6.07, 6.45) is 2.60. The summed E-state index contributed by atoms with van der Waals surface area (Å²) in [5.41, 5.74) is 5.58. The topological polar surface area (TPSA) is 15.3 Å². The molecule has 0 atom stereocenters. The monoisotopic (exact) mass is 306 g/mol. The fraction of sp³-hybridized carbons (Fsp3) is 0.125. The van der Waals surface area contributed by atoms with E-state index in [0.717, 1.165) is 23.6 Å². The minimum atomic E-state index is -0.580. The fourth-order valence-electron chi connectivity index (χ4n) is 2.29. The maximum Gasteiger partial charge on any atom is 0.151 e. The van der Waals surface area contributed by atoms with Crippen molar-refractivity contribution in [2.45, 2.75) is 6.42 Å². The van der Waals surface area contributed by atoms with E-state index in [2.05, 4.69) is 5.43 Å². The molecule has 1 aliphatic heterocycles. The predicted molar refractivity (Wildman–Crippen MR) is 80.1 cm³/mol. The van der Waals surface area contributed by atoms with Crippen molar-refractivity contribution in [3.8, 4) is 0 Å². The highest BCUT2D eigenvalue weighted by Gasteiger charge is 2.18. The van der Waals surface area contributed by atoms with Crippen molar-refractivity contribution in [1.82, 2.24) is 5.43 Å². The van der Waals surface area contributed by atoms with Crippen LogP contribution in [0.4, 0.5) is 14.5 Å². The van der Waals surface area contributed by atoms with E-state index in [1.165, 1.54) is 12.1 Å². The smallest absolute Gasteiger partial charge is 0.151 e. The third kappa shape index (κ3) is 3.16. The molecule has 3 rings (SSSR count). The highest BCUT2D eigenvalue weighted by atomic mass is 35.5. The standard InChI is InChI=1S/C16H13ClF2N2/c17-13-3-1-11(2-4-13)7-12-9-20-21(10-12)16-6-5-14(18)8-15(16)19/h1-6,8-9,20H,7,10H2. The Kier molecular flexibility index (Phi) is 3.80. The van der Waals surface area contributed by atoms with Crippen molar-refractivity contribution in [1.29, 1.82) is 0 Å². The summed E-state index contributed by atoms with van der Waals surface area (Å²) in [4.78, 5) is 0. The highest BCUT2D eigenvalue weighted by molar-refractivity contribution is 6.30. The van der Waals surface area contributed by atoms with Gasteiger partial charge in [0, 0.05) is 17.3 Å². The SMILES string of the molecule is Fc1ccc(N2CC(Cc3ccc(Cl)cc3)=CN2)c(F)c1. The van der Waals surface area contributed by atoms with Gasteiger partial charge in [0.1, 0.15) is 5.82 Å². The molecule has 0 saturated heterocycles. The van der Waals surface area contributed by atoms with Crippen molar-refractivity contribution in [3.63, 3.8) is 0 Å². The third-order valence-corrected chi connectivity index (χ3v) is 3.58. The van der Waals surface area contributed by atoms with Crippen molar-refractivity contribution < 1.29 is 8.78 Å². The van der Waals surface area contributed by atoms with Crippen molar-refractivity contribution >= 4 is 17.3 Å². The van der Waals surface area contributed by atoms with Crippen LogP contribution in [0.3, 0.4) is 0 Å². The van der Waals surface area contributed by atoms with E-state index >= 15 is 0 Å². The van der Waals surface area contributed by atoms with Gasteiger partial charge in [0.25, 0.3) is 0 Å². The van der Waals surface area contributed by atoms with E-state index in [-0.39, 0.29) is 0 Å². The molecule has 0 aromatic heterocycles. The molecule has 0 saturated carbocycles. The van der Waals surface area contributed by atoms with Gasteiger partial charge in [0.15, 0.2) is 5.82 Å². The maximum absolute atomic E-state index is 13.7. The number of nitrogens with zero attached hydrogens (tertiary/aromatic N) is 1. The largest absolute Gasteiger partial charge is 0.305 e. The molecule has 2 aromatic rings. The lowest BCUT2D eigenvalue weighted by Crippen LogP contribution is -2.30. The number of hydrogen-bond donors (Lipinski definition) is 1. The van der Waals surface area contributed by atoms with E-state index < -0.39 is 11.6 Å². The zero-order valence-electron chi connectivity index (χ0n) is 11.1. The van der Waals surface area contributed by atoms with Gasteiger partial charge in [0.05, 0.1) is 12.2 Å². The third-order valence-electron chi connectivity index (χ3n) is 3.33. The molecule has 1 heterocycles. The van der Waals surface area contributed by atoms with Crippen LogP contribution in [0.5, 0.6) is 0 Å². The summed E-state index contributed by atoms with van der Waals surface area (Å²) in [5.74, 6) is -1.16. The Bertz CT molecular complexity index is 683. The van der Waals surface area contributed by atoms with Gasteiger partial charge in [-0.3, -0.25) is 5.01 Å². The highest BCUT2D eigenvalue weighted by Crippen LogP contribution is 2.23. The number of halogens is 3. The Hall–Kier alpha value is -2.07. The van der Waals surface area contributed by atoms with Crippen molar-refractivity contribution in [3.05, 3.63) is 76.5 Å². The number of nitrogens with one attached hydrogen (secondary N) is 1. The van der Waals surface area contributed by atoms with Crippen LogP contribution in [0.25, 0.3) is 0 Å². The lowest BCUT2D eigenvalue weighted by atomic mass is 10.1. The molecular formula is C16H13ClF2N2. The minimum absolute atomic E-state index is 0.332. The lowest BCUT2D eigenvalue weighted by molar-refractivity contribution is 0.578. The van der Waals surface area contributed by atoms with E-state index in [1.807, 2.05) is 30.5 Å². The second-order valence-corrected chi connectivity index (χ2v) is 5.35. The van der Waals surface area contributed by atoms with Crippen LogP contribution in [0, 0.1) is 11.6 Å². The number of rotatable bonds is 3. The second kappa shape index (κ2) is 5.74. The van der Waals surface area contributed by atoms with Crippen LogP contribution < -0.4 is 10.4 Å². The molecule has 0 fully saturated rings. The molecule has 5 heteroatoms. The van der Waals surface area contributed by atoms with Crippen LogP contribution in [0.2, 0.25) is 5.02 Å². The summed E-state index contributed by atoms with van der Waals surface area (Å²) in [6, 6.07) is 11.2. The quantitative estimate of drug-likeness (QED) is 0.919. The zero-order valence-corrected chi connectivity index (χ0v) is 11.9. The molecular weight excluding hydrogens is 294 g/mol. The van der Waals surface area contributed by atoms with Gasteiger partial charge < -0.3 is 5.43 Å². The summed E-state index contributed by atoms with van der Waals surface area (Å²) < 4.78 is 26.7. The summed E-state index contributed by atoms with van der Waals surface area (Å²) >= 11 is 5.85. The molecule has 1 aliphatic rings. The summed E-state index contributed by atoms with van der Waals surface area (Å²) in [7, 11) is 0. The van der Waals surface area contributed by atoms with Gasteiger partial charge >= 0.3 is 0 Å². The number of benzene rings is 2. The molecule has 0 amide bonds. The fourth-order valence-corrected chi connectivity index (χ4v) is 2.42. The Morgan fingerprint density at radius 3 is 2.57 bits per heavy atom. The number of anilines is 1. The average Bonchev–Trinajstić information content (AvgIpc) is 2.90. The Labute approximate surface area is 126 Å². The first-order valence-electron chi connectivity index (χ1n) is 6.53. The maximum atomic E-state index is 13.7. The molecule has 1 N–H and O–H groups in total. The van der Waals surface area contributed by atoms with E-state index in [1.54, 1.807) is 5.01 Å². The Morgan fingerprint density at radius 1 is 1.10 bits per heavy atom. The molecule has 0 spiro atoms. The van der Waals surface area contributed by atoms with Gasteiger partial charge in [-0.15, -0.1) is 0 Å². The van der Waals surface area contributed by atoms with E-state index in [9.17, 15) is 8.78 Å². The van der Waals surface area contributed by atoms with E-state index in [0.29, 0.717) is 17.3 Å². The molecule has 0 unspecified atom stereocenters. The molecule has 0 aliphatic carbocycles. The van der Waals surface area contributed by atoms with Crippen LogP contribution >= 0.6 is 11.6 Å². The van der Waals surface area contributed by atoms with Gasteiger partial charge in [0.2, 0.25) is 0 Å². The Balaban J connectivity index is 1.68. The second-order valence-electron chi connectivity index (χ2n) is 4.92. The first kappa shape index (κ1) is 13.9. The molecule has 0 radical (unpaired) electrons. The van der Waals surface area contributed by atoms with Gasteiger partial charge in [-0.1, -0.05) is 23.7 Å². The first-order valence-corrected chi connectivity index (χ1v) is 6.91. The van der Waals surface area contributed by atoms with Crippen LogP contribution in [0.15, 0.2) is 54.2 Å². The molecule has 0 bridgehead atoms.